The Balaban J connectivity index is 1.33. The molecule has 0 amide bonds. The van der Waals surface area contributed by atoms with E-state index in [0.29, 0.717) is 6.04 Å². The van der Waals surface area contributed by atoms with Gasteiger partial charge in [-0.25, -0.2) is 0 Å². The van der Waals surface area contributed by atoms with Crippen molar-refractivity contribution >= 4 is 21.6 Å². The molecule has 0 bridgehead atoms. The Labute approximate surface area is 180 Å². The van der Waals surface area contributed by atoms with E-state index in [4.69, 9.17) is 5.10 Å². The quantitative estimate of drug-likeness (QED) is 0.491. The van der Waals surface area contributed by atoms with Crippen LogP contribution in [-0.4, -0.2) is 41.8 Å². The number of hydrazone groups is 1. The van der Waals surface area contributed by atoms with E-state index in [2.05, 4.69) is 106 Å². The molecule has 0 aromatic heterocycles. The van der Waals surface area contributed by atoms with Crippen LogP contribution in [0.5, 0.6) is 0 Å². The third-order valence-electron chi connectivity index (χ3n) is 6.01. The van der Waals surface area contributed by atoms with E-state index < -0.39 is 0 Å². The van der Waals surface area contributed by atoms with Gasteiger partial charge in [-0.3, -0.25) is 9.91 Å². The molecule has 0 radical (unpaired) electrons. The monoisotopic (exact) mass is 445 g/mol. The predicted octanol–water partition coefficient (Wildman–Crippen LogP) is 5.56. The molecular weight excluding hydrogens is 422 g/mol. The fourth-order valence-corrected chi connectivity index (χ4v) is 4.82. The normalized spacial score (nSPS) is 17.3. The molecule has 4 heteroatoms. The zero-order chi connectivity index (χ0) is 19.8. The zero-order valence-electron chi connectivity index (χ0n) is 16.6. The SMILES string of the molecule is CC(=NN1CCN(C2c3ccccc3-c3ccccc32)CC1)c1ccc(Br)cc1. The van der Waals surface area contributed by atoms with Crippen molar-refractivity contribution in [3.63, 3.8) is 0 Å². The minimum atomic E-state index is 0.362. The first kappa shape index (κ1) is 18.6. The van der Waals surface area contributed by atoms with Crippen LogP contribution in [0.4, 0.5) is 0 Å². The summed E-state index contributed by atoms with van der Waals surface area (Å²) in [6.45, 7) is 6.04. The molecule has 3 aromatic carbocycles. The van der Waals surface area contributed by atoms with Gasteiger partial charge in [0.2, 0.25) is 0 Å². The van der Waals surface area contributed by atoms with Gasteiger partial charge >= 0.3 is 0 Å². The lowest BCUT2D eigenvalue weighted by molar-refractivity contribution is 0.114. The molecule has 0 atom stereocenters. The summed E-state index contributed by atoms with van der Waals surface area (Å²) in [7, 11) is 0. The number of fused-ring (bicyclic) bond motifs is 3. The molecule has 0 N–H and O–H groups in total. The van der Waals surface area contributed by atoms with Crippen molar-refractivity contribution in [1.82, 2.24) is 9.91 Å². The van der Waals surface area contributed by atoms with Gasteiger partial charge in [0.15, 0.2) is 0 Å². The Morgan fingerprint density at radius 2 is 1.34 bits per heavy atom. The second-order valence-corrected chi connectivity index (χ2v) is 8.67. The number of hydrogen-bond donors (Lipinski definition) is 0. The molecule has 1 aliphatic carbocycles. The Bertz CT molecular complexity index is 1000. The van der Waals surface area contributed by atoms with Crippen LogP contribution in [-0.2, 0) is 0 Å². The van der Waals surface area contributed by atoms with Crippen LogP contribution in [0.3, 0.4) is 0 Å². The number of hydrogen-bond acceptors (Lipinski definition) is 3. The molecule has 1 fully saturated rings. The van der Waals surface area contributed by atoms with Crippen molar-refractivity contribution < 1.29 is 0 Å². The average molecular weight is 446 g/mol. The lowest BCUT2D eigenvalue weighted by Gasteiger charge is -2.37. The van der Waals surface area contributed by atoms with Crippen molar-refractivity contribution in [1.29, 1.82) is 0 Å². The zero-order valence-corrected chi connectivity index (χ0v) is 18.1. The highest BCUT2D eigenvalue weighted by atomic mass is 79.9. The Morgan fingerprint density at radius 1 is 0.793 bits per heavy atom. The largest absolute Gasteiger partial charge is 0.294 e. The van der Waals surface area contributed by atoms with Crippen molar-refractivity contribution in [3.8, 4) is 11.1 Å². The number of nitrogens with zero attached hydrogens (tertiary/aromatic N) is 3. The molecule has 2 aliphatic rings. The topological polar surface area (TPSA) is 18.8 Å². The van der Waals surface area contributed by atoms with Crippen LogP contribution in [0.2, 0.25) is 0 Å². The average Bonchev–Trinajstić information content (AvgIpc) is 3.09. The first-order valence-electron chi connectivity index (χ1n) is 10.2. The molecular formula is C25H24BrN3. The summed E-state index contributed by atoms with van der Waals surface area (Å²) in [6, 6.07) is 26.5. The Hall–Kier alpha value is -2.43. The van der Waals surface area contributed by atoms with Crippen molar-refractivity contribution in [2.75, 3.05) is 26.2 Å². The highest BCUT2D eigenvalue weighted by Crippen LogP contribution is 2.46. The number of halogens is 1. The second-order valence-electron chi connectivity index (χ2n) is 7.76. The van der Waals surface area contributed by atoms with Gasteiger partial charge in [-0.15, -0.1) is 0 Å². The van der Waals surface area contributed by atoms with Gasteiger partial charge in [0, 0.05) is 30.7 Å². The van der Waals surface area contributed by atoms with Crippen molar-refractivity contribution in [3.05, 3.63) is 94.0 Å². The molecule has 3 nitrogen and oxygen atoms in total. The van der Waals surface area contributed by atoms with E-state index in [-0.39, 0.29) is 0 Å². The first-order chi connectivity index (χ1) is 14.2. The van der Waals surface area contributed by atoms with E-state index >= 15 is 0 Å². The van der Waals surface area contributed by atoms with Crippen molar-refractivity contribution in [2.45, 2.75) is 13.0 Å². The van der Waals surface area contributed by atoms with Gasteiger partial charge in [-0.05, 0) is 46.9 Å². The molecule has 0 saturated carbocycles. The summed E-state index contributed by atoms with van der Waals surface area (Å²) < 4.78 is 1.10. The van der Waals surface area contributed by atoms with Crippen LogP contribution in [0.25, 0.3) is 11.1 Å². The minimum Gasteiger partial charge on any atom is -0.294 e. The smallest absolute Gasteiger partial charge is 0.0646 e. The van der Waals surface area contributed by atoms with Gasteiger partial charge < -0.3 is 0 Å². The van der Waals surface area contributed by atoms with Gasteiger partial charge in [-0.1, -0.05) is 76.6 Å². The van der Waals surface area contributed by atoms with E-state index in [0.717, 1.165) is 36.4 Å². The summed E-state index contributed by atoms with van der Waals surface area (Å²) in [4.78, 5) is 2.62. The van der Waals surface area contributed by atoms with Crippen LogP contribution >= 0.6 is 15.9 Å². The van der Waals surface area contributed by atoms with Crippen LogP contribution in [0.15, 0.2) is 82.4 Å². The maximum absolute atomic E-state index is 4.89. The maximum Gasteiger partial charge on any atom is 0.0646 e. The van der Waals surface area contributed by atoms with E-state index in [9.17, 15) is 0 Å². The van der Waals surface area contributed by atoms with Crippen LogP contribution in [0.1, 0.15) is 29.7 Å². The molecule has 1 heterocycles. The fourth-order valence-electron chi connectivity index (χ4n) is 4.55. The highest BCUT2D eigenvalue weighted by molar-refractivity contribution is 9.10. The molecule has 0 unspecified atom stereocenters. The lowest BCUT2D eigenvalue weighted by atomic mass is 10.0. The van der Waals surface area contributed by atoms with Crippen LogP contribution in [0, 0.1) is 0 Å². The summed E-state index contributed by atoms with van der Waals surface area (Å²) in [5, 5.41) is 7.12. The van der Waals surface area contributed by atoms with E-state index in [1.807, 2.05) is 0 Å². The predicted molar refractivity (Wildman–Crippen MR) is 123 cm³/mol. The molecule has 1 aliphatic heterocycles. The maximum atomic E-state index is 4.89. The van der Waals surface area contributed by atoms with Crippen molar-refractivity contribution in [2.24, 2.45) is 5.10 Å². The Morgan fingerprint density at radius 3 is 1.93 bits per heavy atom. The fraction of sp³-hybridized carbons (Fsp3) is 0.240. The van der Waals surface area contributed by atoms with Gasteiger partial charge in [0.05, 0.1) is 11.8 Å². The summed E-state index contributed by atoms with van der Waals surface area (Å²) in [5.74, 6) is 0. The summed E-state index contributed by atoms with van der Waals surface area (Å²) >= 11 is 3.50. The highest BCUT2D eigenvalue weighted by Gasteiger charge is 2.33. The van der Waals surface area contributed by atoms with E-state index in [1.54, 1.807) is 0 Å². The second kappa shape index (κ2) is 7.77. The lowest BCUT2D eigenvalue weighted by Crippen LogP contribution is -2.45. The molecule has 0 spiro atoms. The van der Waals surface area contributed by atoms with Crippen LogP contribution < -0.4 is 0 Å². The molecule has 146 valence electrons. The van der Waals surface area contributed by atoms with E-state index in [1.165, 1.54) is 27.8 Å². The first-order valence-corrected chi connectivity index (χ1v) is 11.0. The third kappa shape index (κ3) is 3.52. The minimum absolute atomic E-state index is 0.362. The Kier molecular flexibility index (Phi) is 4.98. The number of benzene rings is 3. The molecule has 3 aromatic rings. The summed E-state index contributed by atoms with van der Waals surface area (Å²) in [6.07, 6.45) is 0. The van der Waals surface area contributed by atoms with Gasteiger partial charge in [0.25, 0.3) is 0 Å². The summed E-state index contributed by atoms with van der Waals surface area (Å²) in [5.41, 5.74) is 7.91. The molecule has 1 saturated heterocycles. The molecule has 29 heavy (non-hydrogen) atoms. The standard InChI is InChI=1S/C25H24BrN3/c1-18(19-10-12-20(26)13-11-19)27-29-16-14-28(15-17-29)25-23-8-4-2-6-21(23)22-7-3-5-9-24(22)25/h2-13,25H,14-17H2,1H3. The molecule has 5 rings (SSSR count). The van der Waals surface area contributed by atoms with Gasteiger partial charge in [-0.2, -0.15) is 5.10 Å². The number of piperazine rings is 1. The number of rotatable bonds is 3. The van der Waals surface area contributed by atoms with Gasteiger partial charge in [0.1, 0.15) is 0 Å². The third-order valence-corrected chi connectivity index (χ3v) is 6.54.